The highest BCUT2D eigenvalue weighted by molar-refractivity contribution is 9.10. The predicted octanol–water partition coefficient (Wildman–Crippen LogP) is 3.29. The van der Waals surface area contributed by atoms with Crippen molar-refractivity contribution in [2.24, 2.45) is 7.05 Å². The van der Waals surface area contributed by atoms with Crippen molar-refractivity contribution in [1.29, 1.82) is 0 Å². The molecule has 0 bridgehead atoms. The zero-order valence-corrected chi connectivity index (χ0v) is 13.2. The van der Waals surface area contributed by atoms with Crippen molar-refractivity contribution in [1.82, 2.24) is 15.0 Å². The van der Waals surface area contributed by atoms with E-state index >= 15 is 0 Å². The second-order valence-electron chi connectivity index (χ2n) is 4.83. The lowest BCUT2D eigenvalue weighted by Crippen LogP contribution is -2.11. The number of halogens is 1. The highest BCUT2D eigenvalue weighted by Crippen LogP contribution is 2.21. The Bertz CT molecular complexity index is 841. The average molecular weight is 345 g/mol. The maximum Gasteiger partial charge on any atom is 0.255 e. The molecule has 0 spiro atoms. The van der Waals surface area contributed by atoms with E-state index in [9.17, 15) is 4.79 Å². The molecule has 1 N–H and O–H groups in total. The molecule has 0 fully saturated rings. The van der Waals surface area contributed by atoms with E-state index in [2.05, 4.69) is 31.6 Å². The number of amides is 1. The van der Waals surface area contributed by atoms with Crippen LogP contribution in [0.5, 0.6) is 0 Å². The van der Waals surface area contributed by atoms with Gasteiger partial charge in [0.25, 0.3) is 5.91 Å². The zero-order valence-electron chi connectivity index (χ0n) is 11.6. The molecule has 0 aliphatic rings. The van der Waals surface area contributed by atoms with Crippen LogP contribution in [0, 0.1) is 6.92 Å². The lowest BCUT2D eigenvalue weighted by atomic mass is 10.1. The molecule has 0 aliphatic heterocycles. The maximum absolute atomic E-state index is 12.3. The molecule has 106 valence electrons. The van der Waals surface area contributed by atoms with Crippen LogP contribution in [0.1, 0.15) is 15.9 Å². The number of carbonyl (C=O) groups is 1. The van der Waals surface area contributed by atoms with Gasteiger partial charge in [0, 0.05) is 22.8 Å². The van der Waals surface area contributed by atoms with E-state index in [0.717, 1.165) is 21.2 Å². The Kier molecular flexibility index (Phi) is 3.47. The van der Waals surface area contributed by atoms with Crippen LogP contribution in [0.2, 0.25) is 0 Å². The van der Waals surface area contributed by atoms with Gasteiger partial charge in [-0.05, 0) is 48.9 Å². The fourth-order valence-corrected chi connectivity index (χ4v) is 2.35. The molecule has 1 amide bonds. The van der Waals surface area contributed by atoms with Crippen molar-refractivity contribution < 1.29 is 4.79 Å². The van der Waals surface area contributed by atoms with Gasteiger partial charge in [0.05, 0.1) is 5.52 Å². The van der Waals surface area contributed by atoms with Crippen molar-refractivity contribution in [3.05, 3.63) is 52.0 Å². The van der Waals surface area contributed by atoms with Gasteiger partial charge in [0.1, 0.15) is 5.52 Å². The molecule has 3 rings (SSSR count). The van der Waals surface area contributed by atoms with E-state index in [1.807, 2.05) is 38.2 Å². The normalized spacial score (nSPS) is 10.8. The minimum atomic E-state index is -0.163. The summed E-state index contributed by atoms with van der Waals surface area (Å²) in [5.41, 5.74) is 3.99. The molecule has 0 aliphatic carbocycles. The summed E-state index contributed by atoms with van der Waals surface area (Å²) >= 11 is 3.44. The smallest absolute Gasteiger partial charge is 0.255 e. The molecule has 6 heteroatoms. The first-order valence-corrected chi connectivity index (χ1v) is 7.21. The summed E-state index contributed by atoms with van der Waals surface area (Å²) in [4.78, 5) is 12.3. The quantitative estimate of drug-likeness (QED) is 0.775. The molecule has 5 nitrogen and oxygen atoms in total. The number of nitrogens with zero attached hydrogens (tertiary/aromatic N) is 3. The van der Waals surface area contributed by atoms with Crippen LogP contribution in [0.25, 0.3) is 11.0 Å². The summed E-state index contributed by atoms with van der Waals surface area (Å²) in [6.45, 7) is 1.98. The monoisotopic (exact) mass is 344 g/mol. The number of rotatable bonds is 2. The van der Waals surface area contributed by atoms with Gasteiger partial charge >= 0.3 is 0 Å². The third-order valence-electron chi connectivity index (χ3n) is 3.29. The summed E-state index contributed by atoms with van der Waals surface area (Å²) in [7, 11) is 1.82. The van der Waals surface area contributed by atoms with Gasteiger partial charge in [0.15, 0.2) is 0 Å². The van der Waals surface area contributed by atoms with E-state index in [-0.39, 0.29) is 5.91 Å². The van der Waals surface area contributed by atoms with Crippen molar-refractivity contribution in [3.8, 4) is 0 Å². The summed E-state index contributed by atoms with van der Waals surface area (Å²) in [5, 5.41) is 10.8. The molecule has 1 aromatic heterocycles. The number of nitrogens with one attached hydrogen (secondary N) is 1. The first-order valence-electron chi connectivity index (χ1n) is 6.41. The first-order chi connectivity index (χ1) is 10.0. The molecule has 21 heavy (non-hydrogen) atoms. The van der Waals surface area contributed by atoms with Gasteiger partial charge in [-0.25, -0.2) is 4.68 Å². The van der Waals surface area contributed by atoms with Gasteiger partial charge < -0.3 is 5.32 Å². The van der Waals surface area contributed by atoms with Gasteiger partial charge in [-0.2, -0.15) is 0 Å². The Morgan fingerprint density at radius 3 is 2.81 bits per heavy atom. The fraction of sp³-hybridized carbons (Fsp3) is 0.133. The second kappa shape index (κ2) is 5.29. The van der Waals surface area contributed by atoms with Crippen LogP contribution >= 0.6 is 15.9 Å². The fourth-order valence-electron chi connectivity index (χ4n) is 2.11. The standard InChI is InChI=1S/C15H13BrN4O/c1-9-7-11(4-5-12(9)16)17-15(21)10-3-6-14-13(8-10)18-19-20(14)2/h3-8H,1-2H3,(H,17,21). The minimum absolute atomic E-state index is 0.163. The molecular weight excluding hydrogens is 332 g/mol. The highest BCUT2D eigenvalue weighted by atomic mass is 79.9. The molecule has 1 heterocycles. The van der Waals surface area contributed by atoms with Gasteiger partial charge in [-0.1, -0.05) is 21.1 Å². The highest BCUT2D eigenvalue weighted by Gasteiger charge is 2.10. The van der Waals surface area contributed by atoms with Gasteiger partial charge in [0.2, 0.25) is 0 Å². The Morgan fingerprint density at radius 1 is 1.24 bits per heavy atom. The van der Waals surface area contributed by atoms with Crippen LogP contribution in [0.15, 0.2) is 40.9 Å². The number of benzene rings is 2. The lowest BCUT2D eigenvalue weighted by molar-refractivity contribution is 0.102. The number of carbonyl (C=O) groups excluding carboxylic acids is 1. The molecule has 3 aromatic rings. The molecule has 0 saturated carbocycles. The van der Waals surface area contributed by atoms with Crippen LogP contribution in [0.3, 0.4) is 0 Å². The second-order valence-corrected chi connectivity index (χ2v) is 5.69. The van der Waals surface area contributed by atoms with Crippen molar-refractivity contribution in [2.75, 3.05) is 5.32 Å². The largest absolute Gasteiger partial charge is 0.322 e. The number of anilines is 1. The third kappa shape index (κ3) is 2.67. The van der Waals surface area contributed by atoms with Crippen LogP contribution < -0.4 is 5.32 Å². The van der Waals surface area contributed by atoms with Crippen LogP contribution in [0.4, 0.5) is 5.69 Å². The molecular formula is C15H13BrN4O. The van der Waals surface area contributed by atoms with E-state index in [0.29, 0.717) is 11.1 Å². The van der Waals surface area contributed by atoms with Gasteiger partial charge in [-0.15, -0.1) is 5.10 Å². The summed E-state index contributed by atoms with van der Waals surface area (Å²) < 4.78 is 2.69. The Labute approximate surface area is 130 Å². The lowest BCUT2D eigenvalue weighted by Gasteiger charge is -2.07. The van der Waals surface area contributed by atoms with Crippen molar-refractivity contribution >= 4 is 38.6 Å². The number of aromatic nitrogens is 3. The van der Waals surface area contributed by atoms with E-state index in [4.69, 9.17) is 0 Å². The molecule has 0 atom stereocenters. The summed E-state index contributed by atoms with van der Waals surface area (Å²) in [6, 6.07) is 11.0. The Balaban J connectivity index is 1.87. The van der Waals surface area contributed by atoms with Crippen molar-refractivity contribution in [3.63, 3.8) is 0 Å². The molecule has 2 aromatic carbocycles. The number of aryl methyl sites for hydroxylation is 2. The Morgan fingerprint density at radius 2 is 2.05 bits per heavy atom. The average Bonchev–Trinajstić information content (AvgIpc) is 2.84. The summed E-state index contributed by atoms with van der Waals surface area (Å²) in [6.07, 6.45) is 0. The van der Waals surface area contributed by atoms with Crippen LogP contribution in [-0.2, 0) is 7.05 Å². The molecule has 0 saturated heterocycles. The van der Waals surface area contributed by atoms with E-state index in [1.165, 1.54) is 0 Å². The van der Waals surface area contributed by atoms with E-state index in [1.54, 1.807) is 16.8 Å². The molecule has 0 radical (unpaired) electrons. The third-order valence-corrected chi connectivity index (χ3v) is 4.18. The topological polar surface area (TPSA) is 59.8 Å². The first kappa shape index (κ1) is 13.8. The van der Waals surface area contributed by atoms with Crippen molar-refractivity contribution in [2.45, 2.75) is 6.92 Å². The van der Waals surface area contributed by atoms with Gasteiger partial charge in [-0.3, -0.25) is 4.79 Å². The maximum atomic E-state index is 12.3. The molecule has 0 unspecified atom stereocenters. The van der Waals surface area contributed by atoms with Crippen LogP contribution in [-0.4, -0.2) is 20.9 Å². The SMILES string of the molecule is Cc1cc(NC(=O)c2ccc3c(c2)nnn3C)ccc1Br. The Hall–Kier alpha value is -2.21. The zero-order chi connectivity index (χ0) is 15.0. The number of hydrogen-bond donors (Lipinski definition) is 1. The predicted molar refractivity (Wildman–Crippen MR) is 85.3 cm³/mol. The number of hydrogen-bond acceptors (Lipinski definition) is 3. The summed E-state index contributed by atoms with van der Waals surface area (Å²) in [5.74, 6) is -0.163. The van der Waals surface area contributed by atoms with E-state index < -0.39 is 0 Å². The minimum Gasteiger partial charge on any atom is -0.322 e. The number of fused-ring (bicyclic) bond motifs is 1.